The van der Waals surface area contributed by atoms with E-state index in [9.17, 15) is 0 Å². The van der Waals surface area contributed by atoms with Crippen LogP contribution in [0.25, 0.3) is 0 Å². The van der Waals surface area contributed by atoms with Crippen molar-refractivity contribution in [2.75, 3.05) is 6.54 Å². The van der Waals surface area contributed by atoms with Gasteiger partial charge in [0.25, 0.3) is 0 Å². The van der Waals surface area contributed by atoms with Gasteiger partial charge in [-0.25, -0.2) is 0 Å². The maximum atomic E-state index is 3.59. The van der Waals surface area contributed by atoms with Gasteiger partial charge in [0.1, 0.15) is 0 Å². The second-order valence-corrected chi connectivity index (χ2v) is 5.12. The van der Waals surface area contributed by atoms with Crippen molar-refractivity contribution in [1.29, 1.82) is 0 Å². The van der Waals surface area contributed by atoms with Gasteiger partial charge >= 0.3 is 0 Å². The van der Waals surface area contributed by atoms with E-state index in [-0.39, 0.29) is 0 Å². The molecule has 1 atom stereocenters. The maximum Gasteiger partial charge on any atom is 0.00732 e. The fourth-order valence-corrected chi connectivity index (χ4v) is 1.91. The molecule has 0 aromatic rings. The summed E-state index contributed by atoms with van der Waals surface area (Å²) in [7, 11) is 0. The van der Waals surface area contributed by atoms with Crippen molar-refractivity contribution in [3.8, 4) is 0 Å². The minimum Gasteiger partial charge on any atom is -0.314 e. The van der Waals surface area contributed by atoms with E-state index < -0.39 is 0 Å². The second kappa shape index (κ2) is 13.8. The van der Waals surface area contributed by atoms with Crippen LogP contribution in [0.4, 0.5) is 0 Å². The molecule has 1 unspecified atom stereocenters. The lowest BCUT2D eigenvalue weighted by Gasteiger charge is -2.11. The normalized spacial score (nSPS) is 13.4. The number of hydrogen-bond donors (Lipinski definition) is 1. The van der Waals surface area contributed by atoms with Gasteiger partial charge in [0.15, 0.2) is 0 Å². The van der Waals surface area contributed by atoms with Crippen LogP contribution in [0.15, 0.2) is 12.2 Å². The molecule has 0 fully saturated rings. The van der Waals surface area contributed by atoms with Crippen LogP contribution in [0, 0.1) is 0 Å². The quantitative estimate of drug-likeness (QED) is 0.370. The fraction of sp³-hybridized carbons (Fsp3) is 0.875. The van der Waals surface area contributed by atoms with Crippen molar-refractivity contribution in [3.63, 3.8) is 0 Å². The Morgan fingerprint density at radius 1 is 0.882 bits per heavy atom. The highest BCUT2D eigenvalue weighted by atomic mass is 14.9. The third kappa shape index (κ3) is 13.6. The number of unbranched alkanes of at least 4 members (excludes halogenated alkanes) is 6. The number of allylic oxidation sites excluding steroid dienone is 1. The summed E-state index contributed by atoms with van der Waals surface area (Å²) in [5.41, 5.74) is 0. The predicted molar refractivity (Wildman–Crippen MR) is 79.5 cm³/mol. The molecule has 0 spiro atoms. The molecule has 102 valence electrons. The highest BCUT2D eigenvalue weighted by molar-refractivity contribution is 4.84. The summed E-state index contributed by atoms with van der Waals surface area (Å²) in [6, 6.07) is 0.638. The van der Waals surface area contributed by atoms with Crippen LogP contribution in [0.2, 0.25) is 0 Å². The molecule has 1 nitrogen and oxygen atoms in total. The standard InChI is InChI=1S/C16H33N/c1-4-6-8-10-11-12-14-16(3)17-15-13-9-7-5-2/h11-12,16-17H,4-10,13-15H2,1-3H3. The van der Waals surface area contributed by atoms with Gasteiger partial charge in [-0.3, -0.25) is 0 Å². The zero-order valence-electron chi connectivity index (χ0n) is 12.3. The molecular formula is C16H33N. The SMILES string of the molecule is CCCCCC=CCC(C)NCCCCCC. The van der Waals surface area contributed by atoms with Crippen molar-refractivity contribution in [3.05, 3.63) is 12.2 Å². The Kier molecular flexibility index (Phi) is 13.5. The molecule has 0 aliphatic rings. The van der Waals surface area contributed by atoms with E-state index in [2.05, 4.69) is 38.2 Å². The molecule has 0 saturated heterocycles. The molecule has 0 bridgehead atoms. The van der Waals surface area contributed by atoms with E-state index in [1.54, 1.807) is 0 Å². The molecule has 0 aromatic heterocycles. The minimum absolute atomic E-state index is 0.638. The molecule has 0 amide bonds. The third-order valence-electron chi connectivity index (χ3n) is 3.15. The average molecular weight is 239 g/mol. The zero-order valence-corrected chi connectivity index (χ0v) is 12.3. The van der Waals surface area contributed by atoms with Crippen LogP contribution < -0.4 is 5.32 Å². The van der Waals surface area contributed by atoms with Crippen molar-refractivity contribution in [2.24, 2.45) is 0 Å². The van der Waals surface area contributed by atoms with Gasteiger partial charge in [-0.1, -0.05) is 58.1 Å². The molecule has 0 rings (SSSR count). The van der Waals surface area contributed by atoms with E-state index in [1.807, 2.05) is 0 Å². The summed E-state index contributed by atoms with van der Waals surface area (Å²) in [6.45, 7) is 7.99. The molecule has 17 heavy (non-hydrogen) atoms. The lowest BCUT2D eigenvalue weighted by atomic mass is 10.1. The van der Waals surface area contributed by atoms with Crippen LogP contribution in [0.3, 0.4) is 0 Å². The van der Waals surface area contributed by atoms with Crippen molar-refractivity contribution in [2.45, 2.75) is 84.6 Å². The first-order valence-corrected chi connectivity index (χ1v) is 7.69. The Balaban J connectivity index is 3.24. The molecule has 0 heterocycles. The van der Waals surface area contributed by atoms with Gasteiger partial charge in [-0.05, 0) is 39.2 Å². The smallest absolute Gasteiger partial charge is 0.00732 e. The van der Waals surface area contributed by atoms with Crippen molar-refractivity contribution in [1.82, 2.24) is 5.32 Å². The van der Waals surface area contributed by atoms with Gasteiger partial charge in [-0.15, -0.1) is 0 Å². The Morgan fingerprint density at radius 3 is 2.29 bits per heavy atom. The van der Waals surface area contributed by atoms with E-state index in [0.717, 1.165) is 0 Å². The molecular weight excluding hydrogens is 206 g/mol. The molecule has 0 aliphatic heterocycles. The minimum atomic E-state index is 0.638. The molecule has 0 aromatic carbocycles. The fourth-order valence-electron chi connectivity index (χ4n) is 1.91. The summed E-state index contributed by atoms with van der Waals surface area (Å²) in [5.74, 6) is 0. The van der Waals surface area contributed by atoms with Crippen LogP contribution >= 0.6 is 0 Å². The van der Waals surface area contributed by atoms with Gasteiger partial charge in [0.05, 0.1) is 0 Å². The number of rotatable bonds is 12. The van der Waals surface area contributed by atoms with E-state index in [0.29, 0.717) is 6.04 Å². The molecule has 0 aliphatic carbocycles. The number of hydrogen-bond acceptors (Lipinski definition) is 1. The van der Waals surface area contributed by atoms with Crippen molar-refractivity contribution >= 4 is 0 Å². The first-order chi connectivity index (χ1) is 8.31. The monoisotopic (exact) mass is 239 g/mol. The van der Waals surface area contributed by atoms with Gasteiger partial charge in [0.2, 0.25) is 0 Å². The third-order valence-corrected chi connectivity index (χ3v) is 3.15. The largest absolute Gasteiger partial charge is 0.314 e. The maximum absolute atomic E-state index is 3.59. The van der Waals surface area contributed by atoms with E-state index in [1.165, 1.54) is 64.3 Å². The van der Waals surface area contributed by atoms with Crippen molar-refractivity contribution < 1.29 is 0 Å². The van der Waals surface area contributed by atoms with Crippen LogP contribution in [0.1, 0.15) is 78.6 Å². The molecule has 1 heteroatoms. The van der Waals surface area contributed by atoms with Crippen LogP contribution in [0.5, 0.6) is 0 Å². The first-order valence-electron chi connectivity index (χ1n) is 7.69. The zero-order chi connectivity index (χ0) is 12.8. The Hall–Kier alpha value is -0.300. The molecule has 1 N–H and O–H groups in total. The van der Waals surface area contributed by atoms with Gasteiger partial charge in [-0.2, -0.15) is 0 Å². The van der Waals surface area contributed by atoms with Crippen LogP contribution in [-0.4, -0.2) is 12.6 Å². The lowest BCUT2D eigenvalue weighted by Crippen LogP contribution is -2.26. The summed E-state index contributed by atoms with van der Waals surface area (Å²) < 4.78 is 0. The molecule has 0 saturated carbocycles. The van der Waals surface area contributed by atoms with Gasteiger partial charge < -0.3 is 5.32 Å². The topological polar surface area (TPSA) is 12.0 Å². The second-order valence-electron chi connectivity index (χ2n) is 5.12. The first kappa shape index (κ1) is 16.7. The number of nitrogens with one attached hydrogen (secondary N) is 1. The van der Waals surface area contributed by atoms with Crippen LogP contribution in [-0.2, 0) is 0 Å². The highest BCUT2D eigenvalue weighted by Crippen LogP contribution is 2.02. The Labute approximate surface area is 109 Å². The Morgan fingerprint density at radius 2 is 1.59 bits per heavy atom. The average Bonchev–Trinajstić information content (AvgIpc) is 2.33. The molecule has 0 radical (unpaired) electrons. The summed E-state index contributed by atoms with van der Waals surface area (Å²) in [5, 5.41) is 3.59. The van der Waals surface area contributed by atoms with Gasteiger partial charge in [0, 0.05) is 6.04 Å². The Bertz CT molecular complexity index is 163. The van der Waals surface area contributed by atoms with E-state index in [4.69, 9.17) is 0 Å². The summed E-state index contributed by atoms with van der Waals surface area (Å²) in [4.78, 5) is 0. The summed E-state index contributed by atoms with van der Waals surface area (Å²) >= 11 is 0. The highest BCUT2D eigenvalue weighted by Gasteiger charge is 1.97. The summed E-state index contributed by atoms with van der Waals surface area (Å²) in [6.07, 6.45) is 16.6. The lowest BCUT2D eigenvalue weighted by molar-refractivity contribution is 0.523. The van der Waals surface area contributed by atoms with E-state index >= 15 is 0 Å². The predicted octanol–water partition coefficient (Wildman–Crippen LogP) is 5.07.